The van der Waals surface area contributed by atoms with Gasteiger partial charge in [0, 0.05) is 25.4 Å². The van der Waals surface area contributed by atoms with Crippen molar-refractivity contribution in [2.24, 2.45) is 0 Å². The third kappa shape index (κ3) is 3.52. The number of hydrogen-bond donors (Lipinski definition) is 1. The number of aryl methyl sites for hydroxylation is 1. The lowest BCUT2D eigenvalue weighted by Gasteiger charge is -2.16. The molecule has 0 aliphatic heterocycles. The second kappa shape index (κ2) is 5.89. The Kier molecular flexibility index (Phi) is 4.80. The normalized spacial score (nSPS) is 13.1. The smallest absolute Gasteiger partial charge is 0.203 e. The summed E-state index contributed by atoms with van der Waals surface area (Å²) in [5.74, 6) is 0.930. The molecule has 1 atom stereocenters. The molecule has 0 fully saturated rings. The van der Waals surface area contributed by atoms with Crippen LogP contribution in [0.25, 0.3) is 0 Å². The minimum Gasteiger partial charge on any atom is -0.377 e. The van der Waals surface area contributed by atoms with Gasteiger partial charge in [0.2, 0.25) is 5.95 Å². The van der Waals surface area contributed by atoms with E-state index in [1.165, 1.54) is 0 Å². The van der Waals surface area contributed by atoms with E-state index in [0.717, 1.165) is 24.8 Å². The van der Waals surface area contributed by atoms with Crippen LogP contribution in [0, 0.1) is 6.92 Å². The molecule has 0 aromatic carbocycles. The number of aromatic nitrogens is 2. The van der Waals surface area contributed by atoms with Gasteiger partial charge in [-0.15, -0.1) is 0 Å². The standard InChI is InChI=1S/C12H23N3O/c1-6-16-11(5)7-13-12-14-10(4)8-15(12)9(2)3/h8-9,11H,6-7H2,1-5H3,(H,13,14). The van der Waals surface area contributed by atoms with Crippen molar-refractivity contribution in [2.75, 3.05) is 18.5 Å². The fourth-order valence-electron chi connectivity index (χ4n) is 1.62. The molecule has 0 aliphatic carbocycles. The summed E-state index contributed by atoms with van der Waals surface area (Å²) >= 11 is 0. The first-order valence-corrected chi connectivity index (χ1v) is 5.95. The van der Waals surface area contributed by atoms with Crippen LogP contribution in [0.4, 0.5) is 5.95 Å². The van der Waals surface area contributed by atoms with Crippen molar-refractivity contribution >= 4 is 5.95 Å². The molecular weight excluding hydrogens is 202 g/mol. The zero-order chi connectivity index (χ0) is 12.1. The van der Waals surface area contributed by atoms with E-state index in [0.29, 0.717) is 6.04 Å². The van der Waals surface area contributed by atoms with Crippen LogP contribution >= 0.6 is 0 Å². The van der Waals surface area contributed by atoms with Crippen LogP contribution in [-0.4, -0.2) is 28.8 Å². The largest absolute Gasteiger partial charge is 0.377 e. The number of ether oxygens (including phenoxy) is 1. The molecule has 1 aromatic heterocycles. The molecule has 1 heterocycles. The first-order chi connectivity index (χ1) is 7.54. The van der Waals surface area contributed by atoms with Crippen LogP contribution in [0.1, 0.15) is 39.4 Å². The average molecular weight is 225 g/mol. The highest BCUT2D eigenvalue weighted by Gasteiger charge is 2.09. The molecule has 92 valence electrons. The minimum atomic E-state index is 0.211. The second-order valence-electron chi connectivity index (χ2n) is 4.35. The maximum absolute atomic E-state index is 5.47. The van der Waals surface area contributed by atoms with Crippen molar-refractivity contribution in [3.63, 3.8) is 0 Å². The zero-order valence-corrected chi connectivity index (χ0v) is 10.9. The summed E-state index contributed by atoms with van der Waals surface area (Å²) in [6.45, 7) is 11.9. The highest BCUT2D eigenvalue weighted by Crippen LogP contribution is 2.15. The second-order valence-corrected chi connectivity index (χ2v) is 4.35. The van der Waals surface area contributed by atoms with Crippen LogP contribution in [0.2, 0.25) is 0 Å². The monoisotopic (exact) mass is 225 g/mol. The van der Waals surface area contributed by atoms with Gasteiger partial charge in [-0.1, -0.05) is 0 Å². The summed E-state index contributed by atoms with van der Waals surface area (Å²) < 4.78 is 7.62. The Hall–Kier alpha value is -1.03. The Bertz CT molecular complexity index is 320. The molecule has 1 unspecified atom stereocenters. The fraction of sp³-hybridized carbons (Fsp3) is 0.750. The average Bonchev–Trinajstić information content (AvgIpc) is 2.57. The number of anilines is 1. The van der Waals surface area contributed by atoms with Crippen molar-refractivity contribution in [1.82, 2.24) is 9.55 Å². The van der Waals surface area contributed by atoms with Gasteiger partial charge >= 0.3 is 0 Å². The summed E-state index contributed by atoms with van der Waals surface area (Å²) in [4.78, 5) is 4.46. The molecule has 4 nitrogen and oxygen atoms in total. The quantitative estimate of drug-likeness (QED) is 0.809. The van der Waals surface area contributed by atoms with Gasteiger partial charge in [-0.3, -0.25) is 0 Å². The molecule has 1 rings (SSSR count). The van der Waals surface area contributed by atoms with Crippen LogP contribution < -0.4 is 5.32 Å². The Morgan fingerprint density at radius 3 is 2.69 bits per heavy atom. The fourth-order valence-corrected chi connectivity index (χ4v) is 1.62. The van der Waals surface area contributed by atoms with Crippen LogP contribution in [0.3, 0.4) is 0 Å². The highest BCUT2D eigenvalue weighted by molar-refractivity contribution is 5.29. The lowest BCUT2D eigenvalue weighted by molar-refractivity contribution is 0.0853. The van der Waals surface area contributed by atoms with Gasteiger partial charge in [0.25, 0.3) is 0 Å². The van der Waals surface area contributed by atoms with Crippen molar-refractivity contribution in [3.8, 4) is 0 Å². The Morgan fingerprint density at radius 1 is 1.44 bits per heavy atom. The first-order valence-electron chi connectivity index (χ1n) is 5.95. The predicted molar refractivity (Wildman–Crippen MR) is 66.9 cm³/mol. The molecule has 0 saturated carbocycles. The van der Waals surface area contributed by atoms with Gasteiger partial charge in [-0.25, -0.2) is 4.98 Å². The van der Waals surface area contributed by atoms with Crippen molar-refractivity contribution < 1.29 is 4.74 Å². The molecule has 1 N–H and O–H groups in total. The molecule has 16 heavy (non-hydrogen) atoms. The van der Waals surface area contributed by atoms with Crippen LogP contribution in [-0.2, 0) is 4.74 Å². The van der Waals surface area contributed by atoms with E-state index >= 15 is 0 Å². The molecular formula is C12H23N3O. The number of rotatable bonds is 6. The summed E-state index contributed by atoms with van der Waals surface area (Å²) in [6.07, 6.45) is 2.28. The highest BCUT2D eigenvalue weighted by atomic mass is 16.5. The Labute approximate surface area is 98.0 Å². The van der Waals surface area contributed by atoms with Gasteiger partial charge in [0.1, 0.15) is 0 Å². The molecule has 0 spiro atoms. The van der Waals surface area contributed by atoms with Crippen LogP contribution in [0.5, 0.6) is 0 Å². The zero-order valence-electron chi connectivity index (χ0n) is 10.9. The van der Waals surface area contributed by atoms with Crippen molar-refractivity contribution in [2.45, 2.75) is 46.8 Å². The Morgan fingerprint density at radius 2 is 2.12 bits per heavy atom. The van der Waals surface area contributed by atoms with Gasteiger partial charge in [-0.2, -0.15) is 0 Å². The third-order valence-electron chi connectivity index (χ3n) is 2.41. The van der Waals surface area contributed by atoms with Gasteiger partial charge in [0.15, 0.2) is 0 Å². The van der Waals surface area contributed by atoms with E-state index in [1.54, 1.807) is 0 Å². The number of nitrogens with zero attached hydrogens (tertiary/aromatic N) is 2. The van der Waals surface area contributed by atoms with E-state index in [4.69, 9.17) is 4.74 Å². The molecule has 0 amide bonds. The first kappa shape index (κ1) is 13.0. The number of imidazole rings is 1. The lowest BCUT2D eigenvalue weighted by Crippen LogP contribution is -2.21. The van der Waals surface area contributed by atoms with E-state index in [1.807, 2.05) is 13.8 Å². The summed E-state index contributed by atoms with van der Waals surface area (Å²) in [5, 5.41) is 3.33. The maximum atomic E-state index is 5.47. The van der Waals surface area contributed by atoms with E-state index < -0.39 is 0 Å². The summed E-state index contributed by atoms with van der Waals surface area (Å²) in [5.41, 5.74) is 1.04. The number of hydrogen-bond acceptors (Lipinski definition) is 3. The molecule has 0 aliphatic rings. The SMILES string of the molecule is CCOC(C)CNc1nc(C)cn1C(C)C. The van der Waals surface area contributed by atoms with E-state index in [-0.39, 0.29) is 6.10 Å². The lowest BCUT2D eigenvalue weighted by atomic mass is 10.4. The Balaban J connectivity index is 2.59. The summed E-state index contributed by atoms with van der Waals surface area (Å²) in [7, 11) is 0. The molecule has 4 heteroatoms. The molecule has 0 saturated heterocycles. The van der Waals surface area contributed by atoms with Crippen molar-refractivity contribution in [3.05, 3.63) is 11.9 Å². The number of nitrogens with one attached hydrogen (secondary N) is 1. The molecule has 0 bridgehead atoms. The minimum absolute atomic E-state index is 0.211. The van der Waals surface area contributed by atoms with Gasteiger partial charge in [-0.05, 0) is 34.6 Å². The van der Waals surface area contributed by atoms with Crippen molar-refractivity contribution in [1.29, 1.82) is 0 Å². The van der Waals surface area contributed by atoms with E-state index in [9.17, 15) is 0 Å². The van der Waals surface area contributed by atoms with E-state index in [2.05, 4.69) is 41.8 Å². The van der Waals surface area contributed by atoms with Gasteiger partial charge in [0.05, 0.1) is 11.8 Å². The summed E-state index contributed by atoms with van der Waals surface area (Å²) in [6, 6.07) is 0.422. The topological polar surface area (TPSA) is 39.1 Å². The predicted octanol–water partition coefficient (Wildman–Crippen LogP) is 2.61. The van der Waals surface area contributed by atoms with Crippen LogP contribution in [0.15, 0.2) is 6.20 Å². The van der Waals surface area contributed by atoms with Gasteiger partial charge < -0.3 is 14.6 Å². The molecule has 0 radical (unpaired) electrons. The third-order valence-corrected chi connectivity index (χ3v) is 2.41. The molecule has 1 aromatic rings. The maximum Gasteiger partial charge on any atom is 0.203 e.